The maximum atomic E-state index is 13.6. The van der Waals surface area contributed by atoms with Crippen molar-refractivity contribution in [1.82, 2.24) is 10.3 Å². The van der Waals surface area contributed by atoms with E-state index in [1.54, 1.807) is 11.0 Å². The van der Waals surface area contributed by atoms with Gasteiger partial charge in [0.05, 0.1) is 24.0 Å². The Morgan fingerprint density at radius 1 is 0.919 bits per heavy atom. The molecule has 2 amide bonds. The fourth-order valence-corrected chi connectivity index (χ4v) is 4.01. The lowest BCUT2D eigenvalue weighted by Gasteiger charge is -2.25. The molecule has 2 N–H and O–H groups in total. The van der Waals surface area contributed by atoms with Crippen LogP contribution in [0.2, 0.25) is 0 Å². The van der Waals surface area contributed by atoms with E-state index in [2.05, 4.69) is 10.3 Å². The molecule has 0 saturated heterocycles. The summed E-state index contributed by atoms with van der Waals surface area (Å²) in [6, 6.07) is 30.3. The number of H-pyrrole nitrogens is 1. The zero-order chi connectivity index (χ0) is 26.0. The van der Waals surface area contributed by atoms with Crippen molar-refractivity contribution in [2.24, 2.45) is 0 Å². The molecule has 37 heavy (non-hydrogen) atoms. The van der Waals surface area contributed by atoms with Crippen LogP contribution in [-0.2, 0) is 17.9 Å². The topological polar surface area (TPSA) is 74.4 Å². The molecule has 0 aliphatic carbocycles. The summed E-state index contributed by atoms with van der Waals surface area (Å²) in [5.74, 6) is -0.487. The van der Waals surface area contributed by atoms with Gasteiger partial charge in [-0.3, -0.25) is 4.90 Å². The molecule has 3 aromatic carbocycles. The zero-order valence-electron chi connectivity index (χ0n) is 21.1. The molecule has 0 saturated carbocycles. The third kappa shape index (κ3) is 6.76. The first-order chi connectivity index (χ1) is 18.0. The number of ether oxygens (including phenoxy) is 1. The SMILES string of the molecule is C/C=C\c1[nH]c(C(=O)OCc2ccccc2)cc1N(Cc1ccccc1)C(=O)N[C@H](C)c1ccccc1. The van der Waals surface area contributed by atoms with Gasteiger partial charge in [-0.15, -0.1) is 0 Å². The predicted molar refractivity (Wildman–Crippen MR) is 147 cm³/mol. The highest BCUT2D eigenvalue weighted by molar-refractivity contribution is 5.97. The number of carbonyl (C=O) groups excluding carboxylic acids is 2. The van der Waals surface area contributed by atoms with E-state index in [1.165, 1.54) is 0 Å². The van der Waals surface area contributed by atoms with Crippen LogP contribution in [0.1, 0.15) is 52.8 Å². The van der Waals surface area contributed by atoms with Crippen LogP contribution in [0.15, 0.2) is 103 Å². The maximum absolute atomic E-state index is 13.6. The van der Waals surface area contributed by atoms with Gasteiger partial charge in [0.2, 0.25) is 0 Å². The number of allylic oxidation sites excluding steroid dienone is 1. The summed E-state index contributed by atoms with van der Waals surface area (Å²) in [7, 11) is 0. The summed E-state index contributed by atoms with van der Waals surface area (Å²) in [6.45, 7) is 4.33. The number of aromatic amines is 1. The summed E-state index contributed by atoms with van der Waals surface area (Å²) in [5.41, 5.74) is 4.38. The Balaban J connectivity index is 1.62. The summed E-state index contributed by atoms with van der Waals surface area (Å²) in [5, 5.41) is 3.10. The van der Waals surface area contributed by atoms with E-state index in [9.17, 15) is 9.59 Å². The van der Waals surface area contributed by atoms with Crippen molar-refractivity contribution in [1.29, 1.82) is 0 Å². The summed E-state index contributed by atoms with van der Waals surface area (Å²) < 4.78 is 5.53. The van der Waals surface area contributed by atoms with E-state index >= 15 is 0 Å². The van der Waals surface area contributed by atoms with Crippen LogP contribution in [0.25, 0.3) is 6.08 Å². The van der Waals surface area contributed by atoms with Gasteiger partial charge < -0.3 is 15.0 Å². The minimum Gasteiger partial charge on any atom is -0.456 e. The van der Waals surface area contributed by atoms with Crippen LogP contribution < -0.4 is 10.2 Å². The second kappa shape index (κ2) is 12.4. The van der Waals surface area contributed by atoms with Crippen LogP contribution in [0.5, 0.6) is 0 Å². The van der Waals surface area contributed by atoms with Crippen molar-refractivity contribution in [2.75, 3.05) is 4.90 Å². The van der Waals surface area contributed by atoms with Crippen molar-refractivity contribution < 1.29 is 14.3 Å². The summed E-state index contributed by atoms with van der Waals surface area (Å²) in [6.07, 6.45) is 3.70. The molecule has 6 heteroatoms. The van der Waals surface area contributed by atoms with Gasteiger partial charge in [-0.1, -0.05) is 97.1 Å². The molecule has 188 valence electrons. The minimum absolute atomic E-state index is 0.162. The Labute approximate surface area is 217 Å². The molecule has 0 spiro atoms. The predicted octanol–water partition coefficient (Wildman–Crippen LogP) is 6.88. The number of hydrogen-bond acceptors (Lipinski definition) is 3. The normalized spacial score (nSPS) is 11.7. The number of nitrogens with one attached hydrogen (secondary N) is 2. The number of amides is 2. The Bertz CT molecular complexity index is 1330. The van der Waals surface area contributed by atoms with Crippen molar-refractivity contribution in [3.63, 3.8) is 0 Å². The molecule has 0 aliphatic heterocycles. The summed E-state index contributed by atoms with van der Waals surface area (Å²) >= 11 is 0. The quantitative estimate of drug-likeness (QED) is 0.250. The summed E-state index contributed by atoms with van der Waals surface area (Å²) in [4.78, 5) is 31.3. The molecular formula is C31H31N3O3. The number of esters is 1. The van der Waals surface area contributed by atoms with Gasteiger partial charge in [0, 0.05) is 0 Å². The van der Waals surface area contributed by atoms with Gasteiger partial charge in [-0.25, -0.2) is 9.59 Å². The lowest BCUT2D eigenvalue weighted by atomic mass is 10.1. The van der Waals surface area contributed by atoms with Gasteiger partial charge in [0.1, 0.15) is 12.3 Å². The largest absolute Gasteiger partial charge is 0.456 e. The van der Waals surface area contributed by atoms with Gasteiger partial charge in [-0.05, 0) is 42.7 Å². The Morgan fingerprint density at radius 2 is 1.51 bits per heavy atom. The molecule has 0 bridgehead atoms. The van der Waals surface area contributed by atoms with Crippen molar-refractivity contribution >= 4 is 23.8 Å². The van der Waals surface area contributed by atoms with Gasteiger partial charge >= 0.3 is 12.0 Å². The Hall–Kier alpha value is -4.58. The number of aromatic nitrogens is 1. The molecule has 6 nitrogen and oxygen atoms in total. The van der Waals surface area contributed by atoms with Gasteiger partial charge in [0.15, 0.2) is 0 Å². The third-order valence-corrected chi connectivity index (χ3v) is 5.95. The van der Waals surface area contributed by atoms with E-state index in [1.807, 2.05) is 117 Å². The smallest absolute Gasteiger partial charge is 0.355 e. The van der Waals surface area contributed by atoms with Crippen LogP contribution in [-0.4, -0.2) is 17.0 Å². The second-order valence-corrected chi connectivity index (χ2v) is 8.70. The van der Waals surface area contributed by atoms with E-state index in [0.29, 0.717) is 17.9 Å². The number of hydrogen-bond donors (Lipinski definition) is 2. The number of anilines is 1. The fourth-order valence-electron chi connectivity index (χ4n) is 4.01. The standard InChI is InChI=1S/C31H31N3O3/c1-3-13-27-29(20-28(33-27)30(35)37-22-25-16-9-5-10-17-25)34(21-24-14-7-4-8-15-24)31(36)32-23(2)26-18-11-6-12-19-26/h3-20,23,33H,21-22H2,1-2H3,(H,32,36)/b13-3-/t23-/m1/s1. The first-order valence-electron chi connectivity index (χ1n) is 12.3. The lowest BCUT2D eigenvalue weighted by Crippen LogP contribution is -2.41. The van der Waals surface area contributed by atoms with E-state index in [-0.39, 0.29) is 24.4 Å². The van der Waals surface area contributed by atoms with E-state index in [0.717, 1.165) is 16.7 Å². The molecular weight excluding hydrogens is 462 g/mol. The number of urea groups is 1. The van der Waals surface area contributed by atoms with Gasteiger partial charge in [0.25, 0.3) is 0 Å². The maximum Gasteiger partial charge on any atom is 0.355 e. The molecule has 1 aromatic heterocycles. The van der Waals surface area contributed by atoms with E-state index < -0.39 is 5.97 Å². The average molecular weight is 494 g/mol. The number of carbonyl (C=O) groups is 2. The number of nitrogens with zero attached hydrogens (tertiary/aromatic N) is 1. The number of benzene rings is 3. The monoisotopic (exact) mass is 493 g/mol. The zero-order valence-corrected chi connectivity index (χ0v) is 21.1. The molecule has 4 aromatic rings. The van der Waals surface area contributed by atoms with E-state index in [4.69, 9.17) is 4.74 Å². The highest BCUT2D eigenvalue weighted by Crippen LogP contribution is 2.27. The van der Waals surface area contributed by atoms with Gasteiger partial charge in [-0.2, -0.15) is 0 Å². The van der Waals surface area contributed by atoms with Crippen LogP contribution in [0, 0.1) is 0 Å². The molecule has 4 rings (SSSR count). The van der Waals surface area contributed by atoms with Crippen LogP contribution >= 0.6 is 0 Å². The Kier molecular flexibility index (Phi) is 8.55. The highest BCUT2D eigenvalue weighted by atomic mass is 16.5. The molecule has 0 unspecified atom stereocenters. The first kappa shape index (κ1) is 25.5. The third-order valence-electron chi connectivity index (χ3n) is 5.95. The minimum atomic E-state index is -0.487. The van der Waals surface area contributed by atoms with Crippen molar-refractivity contribution in [3.8, 4) is 0 Å². The van der Waals surface area contributed by atoms with Crippen LogP contribution in [0.3, 0.4) is 0 Å². The Morgan fingerprint density at radius 3 is 2.14 bits per heavy atom. The lowest BCUT2D eigenvalue weighted by molar-refractivity contribution is 0.0466. The average Bonchev–Trinajstić information content (AvgIpc) is 3.35. The molecule has 1 atom stereocenters. The second-order valence-electron chi connectivity index (χ2n) is 8.70. The molecule has 1 heterocycles. The van der Waals surface area contributed by atoms with Crippen molar-refractivity contribution in [2.45, 2.75) is 33.0 Å². The van der Waals surface area contributed by atoms with Crippen LogP contribution in [0.4, 0.5) is 10.5 Å². The molecule has 0 aliphatic rings. The number of rotatable bonds is 9. The molecule has 0 fully saturated rings. The highest BCUT2D eigenvalue weighted by Gasteiger charge is 2.24. The molecule has 0 radical (unpaired) electrons. The first-order valence-corrected chi connectivity index (χ1v) is 12.3. The van der Waals surface area contributed by atoms with Crippen molar-refractivity contribution in [3.05, 3.63) is 131 Å². The fraction of sp³-hybridized carbons (Fsp3) is 0.161.